The molecule has 1 amide bonds. The summed E-state index contributed by atoms with van der Waals surface area (Å²) in [7, 11) is 3.92. The van der Waals surface area contributed by atoms with Crippen LogP contribution in [0.4, 0.5) is 0 Å². The predicted molar refractivity (Wildman–Crippen MR) is 68.3 cm³/mol. The summed E-state index contributed by atoms with van der Waals surface area (Å²) in [5.74, 6) is -0.267. The maximum Gasteiger partial charge on any atom is 0.237 e. The summed E-state index contributed by atoms with van der Waals surface area (Å²) in [6.07, 6.45) is 4.13. The molecule has 0 saturated heterocycles. The highest BCUT2D eigenvalue weighted by Gasteiger charge is 2.27. The van der Waals surface area contributed by atoms with Crippen molar-refractivity contribution in [3.63, 3.8) is 0 Å². The molecule has 0 radical (unpaired) electrons. The Morgan fingerprint density at radius 2 is 2.00 bits per heavy atom. The van der Waals surface area contributed by atoms with E-state index in [1.54, 1.807) is 7.05 Å². The standard InChI is InChI=1S/C12H27N3O/c1-5-9-15(4)10-7-6-8-12(2,14-3)11(13)16/h14H,5-10H2,1-4H3,(H2,13,16). The van der Waals surface area contributed by atoms with Gasteiger partial charge in [-0.15, -0.1) is 0 Å². The number of primary amides is 1. The van der Waals surface area contributed by atoms with E-state index in [-0.39, 0.29) is 5.91 Å². The number of amides is 1. The molecule has 3 N–H and O–H groups in total. The van der Waals surface area contributed by atoms with Gasteiger partial charge < -0.3 is 16.0 Å². The van der Waals surface area contributed by atoms with Gasteiger partial charge in [-0.05, 0) is 59.8 Å². The van der Waals surface area contributed by atoms with Gasteiger partial charge in [0.25, 0.3) is 0 Å². The van der Waals surface area contributed by atoms with Crippen LogP contribution in [0, 0.1) is 0 Å². The van der Waals surface area contributed by atoms with Crippen LogP contribution in [0.2, 0.25) is 0 Å². The van der Waals surface area contributed by atoms with E-state index in [2.05, 4.69) is 24.2 Å². The van der Waals surface area contributed by atoms with Gasteiger partial charge >= 0.3 is 0 Å². The second-order valence-corrected chi connectivity index (χ2v) is 4.71. The third-order valence-corrected chi connectivity index (χ3v) is 3.17. The number of likely N-dealkylation sites (N-methyl/N-ethyl adjacent to an activating group) is 1. The maximum absolute atomic E-state index is 11.2. The Morgan fingerprint density at radius 1 is 1.38 bits per heavy atom. The summed E-state index contributed by atoms with van der Waals surface area (Å²) in [4.78, 5) is 13.6. The zero-order valence-electron chi connectivity index (χ0n) is 11.2. The van der Waals surface area contributed by atoms with E-state index in [0.717, 1.165) is 32.4 Å². The monoisotopic (exact) mass is 229 g/mol. The van der Waals surface area contributed by atoms with E-state index in [4.69, 9.17) is 5.73 Å². The lowest BCUT2D eigenvalue weighted by Crippen LogP contribution is -2.51. The van der Waals surface area contributed by atoms with Crippen LogP contribution in [0.5, 0.6) is 0 Å². The van der Waals surface area contributed by atoms with Gasteiger partial charge in [-0.2, -0.15) is 0 Å². The van der Waals surface area contributed by atoms with Crippen LogP contribution < -0.4 is 11.1 Å². The molecule has 0 aliphatic heterocycles. The van der Waals surface area contributed by atoms with Crippen molar-refractivity contribution < 1.29 is 4.79 Å². The second-order valence-electron chi connectivity index (χ2n) is 4.71. The van der Waals surface area contributed by atoms with Crippen molar-refractivity contribution >= 4 is 5.91 Å². The minimum Gasteiger partial charge on any atom is -0.368 e. The van der Waals surface area contributed by atoms with Crippen LogP contribution in [0.15, 0.2) is 0 Å². The lowest BCUT2D eigenvalue weighted by atomic mass is 9.94. The van der Waals surface area contributed by atoms with E-state index in [1.807, 2.05) is 6.92 Å². The van der Waals surface area contributed by atoms with Crippen molar-refractivity contribution in [2.75, 3.05) is 27.2 Å². The molecular weight excluding hydrogens is 202 g/mol. The molecule has 0 bridgehead atoms. The van der Waals surface area contributed by atoms with E-state index >= 15 is 0 Å². The predicted octanol–water partition coefficient (Wildman–Crippen LogP) is 0.962. The molecule has 1 atom stereocenters. The van der Waals surface area contributed by atoms with Crippen LogP contribution in [-0.4, -0.2) is 43.5 Å². The van der Waals surface area contributed by atoms with Gasteiger partial charge in [0.2, 0.25) is 5.91 Å². The number of hydrogen-bond acceptors (Lipinski definition) is 3. The number of carbonyl (C=O) groups excluding carboxylic acids is 1. The molecule has 96 valence electrons. The van der Waals surface area contributed by atoms with Crippen molar-refractivity contribution in [3.8, 4) is 0 Å². The fraction of sp³-hybridized carbons (Fsp3) is 0.917. The summed E-state index contributed by atoms with van der Waals surface area (Å²) in [5, 5.41) is 3.00. The Hall–Kier alpha value is -0.610. The lowest BCUT2D eigenvalue weighted by Gasteiger charge is -2.25. The second kappa shape index (κ2) is 7.63. The normalized spacial score (nSPS) is 15.1. The zero-order valence-corrected chi connectivity index (χ0v) is 11.2. The van der Waals surface area contributed by atoms with Crippen molar-refractivity contribution in [1.29, 1.82) is 0 Å². The Balaban J connectivity index is 3.76. The summed E-state index contributed by atoms with van der Waals surface area (Å²) in [6, 6.07) is 0. The van der Waals surface area contributed by atoms with Gasteiger partial charge in [0.1, 0.15) is 0 Å². The van der Waals surface area contributed by atoms with Crippen molar-refractivity contribution in [2.45, 2.75) is 45.1 Å². The topological polar surface area (TPSA) is 58.4 Å². The van der Waals surface area contributed by atoms with Crippen LogP contribution in [0.3, 0.4) is 0 Å². The molecule has 0 aromatic carbocycles. The molecule has 4 nitrogen and oxygen atoms in total. The van der Waals surface area contributed by atoms with Gasteiger partial charge in [-0.1, -0.05) is 6.92 Å². The molecule has 0 aromatic rings. The Labute approximate surface area is 99.6 Å². The summed E-state index contributed by atoms with van der Waals surface area (Å²) in [5.41, 5.74) is 4.81. The molecular formula is C12H27N3O. The third-order valence-electron chi connectivity index (χ3n) is 3.17. The average Bonchev–Trinajstić information content (AvgIpc) is 2.24. The van der Waals surface area contributed by atoms with Gasteiger partial charge in [-0.3, -0.25) is 4.79 Å². The van der Waals surface area contributed by atoms with Crippen molar-refractivity contribution in [3.05, 3.63) is 0 Å². The largest absolute Gasteiger partial charge is 0.368 e. The van der Waals surface area contributed by atoms with Crippen molar-refractivity contribution in [2.24, 2.45) is 5.73 Å². The first-order valence-electron chi connectivity index (χ1n) is 6.13. The Morgan fingerprint density at radius 3 is 2.44 bits per heavy atom. The smallest absolute Gasteiger partial charge is 0.237 e. The van der Waals surface area contributed by atoms with E-state index in [9.17, 15) is 4.79 Å². The number of nitrogens with two attached hydrogens (primary N) is 1. The fourth-order valence-electron chi connectivity index (χ4n) is 1.73. The minimum absolute atomic E-state index is 0.267. The van der Waals surface area contributed by atoms with Gasteiger partial charge in [-0.25, -0.2) is 0 Å². The van der Waals surface area contributed by atoms with Crippen LogP contribution in [0.25, 0.3) is 0 Å². The number of nitrogens with one attached hydrogen (secondary N) is 1. The number of nitrogens with zero attached hydrogens (tertiary/aromatic N) is 1. The summed E-state index contributed by atoms with van der Waals surface area (Å²) in [6.45, 7) is 6.28. The first kappa shape index (κ1) is 15.4. The molecule has 0 spiro atoms. The van der Waals surface area contributed by atoms with E-state index in [0.29, 0.717) is 0 Å². The molecule has 1 unspecified atom stereocenters. The fourth-order valence-corrected chi connectivity index (χ4v) is 1.73. The maximum atomic E-state index is 11.2. The molecule has 0 aromatic heterocycles. The first-order valence-corrected chi connectivity index (χ1v) is 6.13. The minimum atomic E-state index is -0.552. The summed E-state index contributed by atoms with van der Waals surface area (Å²) < 4.78 is 0. The van der Waals surface area contributed by atoms with E-state index < -0.39 is 5.54 Å². The highest BCUT2D eigenvalue weighted by atomic mass is 16.1. The van der Waals surface area contributed by atoms with E-state index in [1.165, 1.54) is 6.42 Å². The first-order chi connectivity index (χ1) is 7.46. The van der Waals surface area contributed by atoms with Crippen LogP contribution >= 0.6 is 0 Å². The molecule has 16 heavy (non-hydrogen) atoms. The Bertz CT molecular complexity index is 208. The van der Waals surface area contributed by atoms with Crippen LogP contribution in [0.1, 0.15) is 39.5 Å². The SMILES string of the molecule is CCCN(C)CCCCC(C)(NC)C(N)=O. The van der Waals surface area contributed by atoms with Gasteiger partial charge in [0, 0.05) is 0 Å². The number of hydrogen-bond donors (Lipinski definition) is 2. The summed E-state index contributed by atoms with van der Waals surface area (Å²) >= 11 is 0. The molecule has 0 fully saturated rings. The van der Waals surface area contributed by atoms with Gasteiger partial charge in [0.15, 0.2) is 0 Å². The quantitative estimate of drug-likeness (QED) is 0.579. The molecule has 0 aliphatic carbocycles. The zero-order chi connectivity index (χ0) is 12.6. The lowest BCUT2D eigenvalue weighted by molar-refractivity contribution is -0.123. The molecule has 0 saturated carbocycles. The van der Waals surface area contributed by atoms with Crippen LogP contribution in [-0.2, 0) is 4.79 Å². The average molecular weight is 229 g/mol. The van der Waals surface area contributed by atoms with Gasteiger partial charge in [0.05, 0.1) is 5.54 Å². The number of carbonyl (C=O) groups is 1. The molecule has 4 heteroatoms. The molecule has 0 aliphatic rings. The number of rotatable bonds is 9. The van der Waals surface area contributed by atoms with Crippen molar-refractivity contribution in [1.82, 2.24) is 10.2 Å². The Kier molecular flexibility index (Phi) is 7.34. The highest BCUT2D eigenvalue weighted by molar-refractivity contribution is 5.84. The molecule has 0 rings (SSSR count). The third kappa shape index (κ3) is 5.47. The molecule has 0 heterocycles. The number of unbranched alkanes of at least 4 members (excludes halogenated alkanes) is 1. The highest BCUT2D eigenvalue weighted by Crippen LogP contribution is 2.12.